The van der Waals surface area contributed by atoms with Gasteiger partial charge in [-0.3, -0.25) is 9.69 Å². The average Bonchev–Trinajstić information content (AvgIpc) is 2.85. The molecule has 2 unspecified atom stereocenters. The molecule has 1 saturated heterocycles. The van der Waals surface area contributed by atoms with Crippen LogP contribution >= 0.6 is 0 Å². The van der Waals surface area contributed by atoms with Crippen molar-refractivity contribution >= 4 is 17.6 Å². The van der Waals surface area contributed by atoms with E-state index in [1.165, 1.54) is 0 Å². The number of hydrazone groups is 1. The third-order valence-corrected chi connectivity index (χ3v) is 3.74. The van der Waals surface area contributed by atoms with Gasteiger partial charge in [-0.2, -0.15) is 10.7 Å². The minimum Gasteiger partial charge on any atom is -0.318 e. The third kappa shape index (κ3) is 1.70. The second-order valence-corrected chi connectivity index (χ2v) is 4.89. The second-order valence-electron chi connectivity index (χ2n) is 4.89. The van der Waals surface area contributed by atoms with E-state index in [0.29, 0.717) is 5.96 Å². The summed E-state index contributed by atoms with van der Waals surface area (Å²) >= 11 is 0. The smallest absolute Gasteiger partial charge is 0.248 e. The quantitative estimate of drug-likeness (QED) is 0.747. The fraction of sp³-hybridized carbons (Fsp3) is 0.385. The minimum atomic E-state index is -0.415. The van der Waals surface area contributed by atoms with E-state index in [9.17, 15) is 4.79 Å². The Hall–Kier alpha value is -2.28. The lowest BCUT2D eigenvalue weighted by atomic mass is 9.94. The largest absolute Gasteiger partial charge is 0.318 e. The van der Waals surface area contributed by atoms with Gasteiger partial charge in [-0.1, -0.05) is 25.1 Å². The first-order chi connectivity index (χ1) is 9.65. The number of nitrogens with zero attached hydrogens (tertiary/aromatic N) is 4. The molecule has 3 rings (SSSR count). The first-order valence-corrected chi connectivity index (χ1v) is 6.66. The van der Waals surface area contributed by atoms with Crippen LogP contribution in [0, 0.1) is 0 Å². The monoisotopic (exact) mass is 274 g/mol. The van der Waals surface area contributed by atoms with Crippen molar-refractivity contribution in [3.63, 3.8) is 0 Å². The van der Waals surface area contributed by atoms with Crippen molar-refractivity contribution in [2.24, 2.45) is 10.8 Å². The fourth-order valence-corrected chi connectivity index (χ4v) is 2.58. The molecule has 0 bridgehead atoms. The van der Waals surface area contributed by atoms with Gasteiger partial charge in [-0.05, 0) is 18.6 Å². The van der Waals surface area contributed by atoms with Crippen LogP contribution in [0.4, 0.5) is 5.69 Å². The summed E-state index contributed by atoms with van der Waals surface area (Å²) < 4.78 is 0. The molecule has 20 heavy (non-hydrogen) atoms. The molecule has 1 fully saturated rings. The lowest BCUT2D eigenvalue weighted by Gasteiger charge is -2.45. The molecule has 0 spiro atoms. The van der Waals surface area contributed by atoms with Crippen LogP contribution in [-0.4, -0.2) is 40.9 Å². The minimum absolute atomic E-state index is 0.0150. The Morgan fingerprint density at radius 1 is 1.35 bits per heavy atom. The second kappa shape index (κ2) is 4.68. The summed E-state index contributed by atoms with van der Waals surface area (Å²) in [5, 5.41) is 7.83. The molecule has 1 amide bonds. The SMILES string of the molecule is CCC1C(N)C(=O)N1C1=NNN(c2ccccc2)N1C. The lowest BCUT2D eigenvalue weighted by Crippen LogP contribution is -2.71. The summed E-state index contributed by atoms with van der Waals surface area (Å²) in [5.41, 5.74) is 9.69. The molecule has 1 aromatic rings. The number of β-lactam (4-membered cyclic amide) rings is 1. The number of nitrogens with one attached hydrogen (secondary N) is 1. The fourth-order valence-electron chi connectivity index (χ4n) is 2.58. The summed E-state index contributed by atoms with van der Waals surface area (Å²) in [6, 6.07) is 9.37. The Kier molecular flexibility index (Phi) is 2.98. The number of hydrogen-bond acceptors (Lipinski definition) is 6. The summed E-state index contributed by atoms with van der Waals surface area (Å²) in [4.78, 5) is 13.6. The van der Waals surface area contributed by atoms with E-state index >= 15 is 0 Å². The summed E-state index contributed by atoms with van der Waals surface area (Å²) in [6.07, 6.45) is 0.811. The number of rotatable bonds is 2. The van der Waals surface area contributed by atoms with Crippen molar-refractivity contribution in [1.82, 2.24) is 15.4 Å². The summed E-state index contributed by atoms with van der Waals surface area (Å²) in [7, 11) is 1.86. The van der Waals surface area contributed by atoms with Crippen LogP contribution in [0.2, 0.25) is 0 Å². The van der Waals surface area contributed by atoms with Gasteiger partial charge in [0.05, 0.1) is 11.7 Å². The number of amides is 1. The zero-order chi connectivity index (χ0) is 14.3. The Labute approximate surface area is 117 Å². The highest BCUT2D eigenvalue weighted by Crippen LogP contribution is 2.26. The number of nitrogens with two attached hydrogens (primary N) is 1. The Bertz CT molecular complexity index is 545. The van der Waals surface area contributed by atoms with Gasteiger partial charge < -0.3 is 5.73 Å². The van der Waals surface area contributed by atoms with Crippen LogP contribution < -0.4 is 16.4 Å². The molecule has 2 heterocycles. The van der Waals surface area contributed by atoms with E-state index < -0.39 is 6.04 Å². The number of benzene rings is 1. The molecule has 7 nitrogen and oxygen atoms in total. The van der Waals surface area contributed by atoms with Gasteiger partial charge in [0.2, 0.25) is 11.9 Å². The van der Waals surface area contributed by atoms with Crippen LogP contribution in [-0.2, 0) is 4.79 Å². The number of hydrazine groups is 2. The molecule has 0 radical (unpaired) electrons. The van der Waals surface area contributed by atoms with Gasteiger partial charge in [-0.25, -0.2) is 5.01 Å². The predicted octanol–water partition coefficient (Wildman–Crippen LogP) is 0.0771. The van der Waals surface area contributed by atoms with Crippen LogP contribution in [0.25, 0.3) is 0 Å². The van der Waals surface area contributed by atoms with E-state index in [0.717, 1.165) is 12.1 Å². The first kappa shape index (κ1) is 12.7. The van der Waals surface area contributed by atoms with Crippen LogP contribution in [0.15, 0.2) is 35.4 Å². The molecule has 2 atom stereocenters. The number of carbonyl (C=O) groups excluding carboxylic acids is 1. The maximum Gasteiger partial charge on any atom is 0.248 e. The first-order valence-electron chi connectivity index (χ1n) is 6.66. The zero-order valence-electron chi connectivity index (χ0n) is 11.5. The van der Waals surface area contributed by atoms with E-state index in [1.807, 2.05) is 49.3 Å². The standard InChI is InChI=1S/C13H18N6O/c1-3-10-11(14)12(20)18(10)13-15-16-19(17(13)2)9-7-5-4-6-8-9/h4-8,10-11,16H,3,14H2,1-2H3. The van der Waals surface area contributed by atoms with Crippen molar-refractivity contribution in [3.05, 3.63) is 30.3 Å². The lowest BCUT2D eigenvalue weighted by molar-refractivity contribution is -0.142. The number of para-hydroxylation sites is 1. The van der Waals surface area contributed by atoms with E-state index in [1.54, 1.807) is 10.0 Å². The Balaban J connectivity index is 1.79. The van der Waals surface area contributed by atoms with Crippen molar-refractivity contribution in [1.29, 1.82) is 0 Å². The van der Waals surface area contributed by atoms with Gasteiger partial charge in [0.1, 0.15) is 6.04 Å². The Morgan fingerprint density at radius 2 is 2.05 bits per heavy atom. The molecule has 0 aliphatic carbocycles. The molecule has 2 aliphatic heterocycles. The van der Waals surface area contributed by atoms with E-state index in [2.05, 4.69) is 10.6 Å². The highest BCUT2D eigenvalue weighted by Gasteiger charge is 2.49. The van der Waals surface area contributed by atoms with Crippen LogP contribution in [0.1, 0.15) is 13.3 Å². The maximum atomic E-state index is 12.0. The summed E-state index contributed by atoms with van der Waals surface area (Å²) in [5.74, 6) is 0.492. The molecular weight excluding hydrogens is 256 g/mol. The van der Waals surface area contributed by atoms with Gasteiger partial charge in [-0.15, -0.1) is 5.10 Å². The maximum absolute atomic E-state index is 12.0. The van der Waals surface area contributed by atoms with Gasteiger partial charge in [0.15, 0.2) is 0 Å². The van der Waals surface area contributed by atoms with E-state index in [4.69, 9.17) is 5.73 Å². The average molecular weight is 274 g/mol. The number of anilines is 1. The third-order valence-electron chi connectivity index (χ3n) is 3.74. The predicted molar refractivity (Wildman–Crippen MR) is 76.2 cm³/mol. The van der Waals surface area contributed by atoms with Crippen LogP contribution in [0.3, 0.4) is 0 Å². The molecule has 106 valence electrons. The highest BCUT2D eigenvalue weighted by atomic mass is 16.2. The molecular formula is C13H18N6O. The van der Waals surface area contributed by atoms with E-state index in [-0.39, 0.29) is 11.9 Å². The van der Waals surface area contributed by atoms with Crippen molar-refractivity contribution < 1.29 is 4.79 Å². The molecule has 0 aromatic heterocycles. The van der Waals surface area contributed by atoms with Gasteiger partial charge in [0, 0.05) is 7.05 Å². The molecule has 0 saturated carbocycles. The summed E-state index contributed by atoms with van der Waals surface area (Å²) in [6.45, 7) is 2.02. The molecule has 2 aliphatic rings. The molecule has 1 aromatic carbocycles. The van der Waals surface area contributed by atoms with Crippen molar-refractivity contribution in [2.75, 3.05) is 12.2 Å². The van der Waals surface area contributed by atoms with Crippen molar-refractivity contribution in [2.45, 2.75) is 25.4 Å². The highest BCUT2D eigenvalue weighted by molar-refractivity contribution is 6.05. The number of carbonyl (C=O) groups is 1. The number of likely N-dealkylation sites (tertiary alicyclic amines) is 1. The topological polar surface area (TPSA) is 77.2 Å². The Morgan fingerprint density at radius 3 is 2.70 bits per heavy atom. The van der Waals surface area contributed by atoms with Gasteiger partial charge in [0.25, 0.3) is 0 Å². The molecule has 7 heteroatoms. The van der Waals surface area contributed by atoms with Gasteiger partial charge >= 0.3 is 0 Å². The number of hydrogen-bond donors (Lipinski definition) is 2. The number of guanidine groups is 1. The van der Waals surface area contributed by atoms with Crippen molar-refractivity contribution in [3.8, 4) is 0 Å². The molecule has 3 N–H and O–H groups in total. The van der Waals surface area contributed by atoms with Crippen LogP contribution in [0.5, 0.6) is 0 Å². The normalized spacial score (nSPS) is 25.4. The zero-order valence-corrected chi connectivity index (χ0v) is 11.5.